The lowest BCUT2D eigenvalue weighted by Gasteiger charge is -2.26. The molecule has 1 aromatic heterocycles. The average molecular weight is 321 g/mol. The highest BCUT2D eigenvalue weighted by atomic mass is 16.5. The van der Waals surface area contributed by atoms with Gasteiger partial charge in [0.1, 0.15) is 18.0 Å². The number of hydrogen-bond acceptors (Lipinski definition) is 6. The molecule has 0 saturated carbocycles. The van der Waals surface area contributed by atoms with Gasteiger partial charge in [-0.2, -0.15) is 0 Å². The fourth-order valence-electron chi connectivity index (χ4n) is 2.37. The number of carbonyl (C=O) groups excluding carboxylic acids is 2. The third-order valence-electron chi connectivity index (χ3n) is 3.48. The number of carbonyl (C=O) groups is 3. The molecule has 0 aliphatic carbocycles. The molecule has 0 atom stereocenters. The second kappa shape index (κ2) is 6.13. The van der Waals surface area contributed by atoms with Gasteiger partial charge in [-0.1, -0.05) is 0 Å². The summed E-state index contributed by atoms with van der Waals surface area (Å²) in [5, 5.41) is 11.0. The number of rotatable bonds is 4. The maximum atomic E-state index is 12.0. The Balaban J connectivity index is 1.74. The summed E-state index contributed by atoms with van der Waals surface area (Å²) in [4.78, 5) is 36.9. The number of nitrogens with zero attached hydrogens (tertiary/aromatic N) is 2. The van der Waals surface area contributed by atoms with Crippen molar-refractivity contribution >= 4 is 29.9 Å². The number of amides is 3. The molecule has 0 unspecified atom stereocenters. The van der Waals surface area contributed by atoms with Crippen molar-refractivity contribution in [3.63, 3.8) is 0 Å². The minimum Gasteiger partial charge on any atom is -0.480 e. The minimum absolute atomic E-state index is 0.0147. The van der Waals surface area contributed by atoms with Gasteiger partial charge < -0.3 is 24.5 Å². The third kappa shape index (κ3) is 3.19. The Bertz CT molecular complexity index is 674. The van der Waals surface area contributed by atoms with Gasteiger partial charge in [-0.15, -0.1) is 0 Å². The molecule has 0 radical (unpaired) electrons. The topological polar surface area (TPSA) is 112 Å². The first-order valence-corrected chi connectivity index (χ1v) is 7.03. The zero-order valence-electron chi connectivity index (χ0n) is 12.2. The first kappa shape index (κ1) is 15.1. The Hall–Kier alpha value is -2.81. The van der Waals surface area contributed by atoms with E-state index in [2.05, 4.69) is 5.32 Å². The zero-order chi connectivity index (χ0) is 16.4. The van der Waals surface area contributed by atoms with Crippen molar-refractivity contribution in [2.24, 2.45) is 0 Å². The van der Waals surface area contributed by atoms with Crippen LogP contribution in [-0.4, -0.2) is 60.8 Å². The fourth-order valence-corrected chi connectivity index (χ4v) is 2.37. The standard InChI is InChI=1S/C14H15N3O6/c18-12(19)8-17-13(20)10(15-14(17)21)7-9-1-2-11(23-9)16-3-5-22-6-4-16/h1-2,7H,3-6,8H2,(H,15,21)(H,18,19)/b10-7+. The minimum atomic E-state index is -1.26. The molecule has 0 spiro atoms. The van der Waals surface area contributed by atoms with Crippen molar-refractivity contribution in [2.75, 3.05) is 37.7 Å². The lowest BCUT2D eigenvalue weighted by Crippen LogP contribution is -2.35. The van der Waals surface area contributed by atoms with Crippen LogP contribution in [0.1, 0.15) is 5.76 Å². The predicted molar refractivity (Wildman–Crippen MR) is 77.6 cm³/mol. The highest BCUT2D eigenvalue weighted by molar-refractivity contribution is 6.14. The van der Waals surface area contributed by atoms with Gasteiger partial charge in [-0.3, -0.25) is 9.59 Å². The number of nitrogens with one attached hydrogen (secondary N) is 1. The maximum Gasteiger partial charge on any atom is 0.329 e. The van der Waals surface area contributed by atoms with Crippen molar-refractivity contribution in [3.05, 3.63) is 23.6 Å². The van der Waals surface area contributed by atoms with Crippen LogP contribution in [0.2, 0.25) is 0 Å². The van der Waals surface area contributed by atoms with Crippen molar-refractivity contribution < 1.29 is 28.6 Å². The van der Waals surface area contributed by atoms with Gasteiger partial charge in [0.2, 0.25) is 0 Å². The van der Waals surface area contributed by atoms with Gasteiger partial charge in [0.15, 0.2) is 5.88 Å². The SMILES string of the molecule is O=C(O)CN1C(=O)N/C(=C/c2ccc(N3CCOCC3)o2)C1=O. The average Bonchev–Trinajstić information content (AvgIpc) is 3.09. The van der Waals surface area contributed by atoms with E-state index in [4.69, 9.17) is 14.3 Å². The van der Waals surface area contributed by atoms with E-state index in [9.17, 15) is 14.4 Å². The molecule has 122 valence electrons. The van der Waals surface area contributed by atoms with E-state index in [1.54, 1.807) is 12.1 Å². The monoisotopic (exact) mass is 321 g/mol. The molecule has 3 heterocycles. The molecular formula is C14H15N3O6. The first-order valence-electron chi connectivity index (χ1n) is 7.03. The van der Waals surface area contributed by atoms with E-state index >= 15 is 0 Å². The Morgan fingerprint density at radius 1 is 1.30 bits per heavy atom. The van der Waals surface area contributed by atoms with Gasteiger partial charge in [0, 0.05) is 25.2 Å². The molecular weight excluding hydrogens is 306 g/mol. The van der Waals surface area contributed by atoms with Crippen LogP contribution in [-0.2, 0) is 14.3 Å². The summed E-state index contributed by atoms with van der Waals surface area (Å²) in [6.45, 7) is 1.99. The van der Waals surface area contributed by atoms with Crippen LogP contribution in [0.5, 0.6) is 0 Å². The van der Waals surface area contributed by atoms with Crippen LogP contribution in [0.4, 0.5) is 10.7 Å². The van der Waals surface area contributed by atoms with Crippen LogP contribution in [0.15, 0.2) is 22.2 Å². The number of imide groups is 1. The Morgan fingerprint density at radius 3 is 2.74 bits per heavy atom. The van der Waals surface area contributed by atoms with Crippen LogP contribution in [0.3, 0.4) is 0 Å². The molecule has 1 aromatic rings. The summed E-state index contributed by atoms with van der Waals surface area (Å²) in [5.41, 5.74) is -0.0147. The van der Waals surface area contributed by atoms with E-state index in [1.165, 1.54) is 6.08 Å². The maximum absolute atomic E-state index is 12.0. The number of morpholine rings is 1. The molecule has 9 heteroatoms. The number of ether oxygens (including phenoxy) is 1. The molecule has 0 aromatic carbocycles. The number of furan rings is 1. The lowest BCUT2D eigenvalue weighted by molar-refractivity contribution is -0.140. The summed E-state index contributed by atoms with van der Waals surface area (Å²) in [5.74, 6) is -0.907. The molecule has 2 aliphatic heterocycles. The number of carboxylic acid groups (broad SMARTS) is 1. The molecule has 2 saturated heterocycles. The van der Waals surface area contributed by atoms with E-state index in [0.717, 1.165) is 0 Å². The smallest absolute Gasteiger partial charge is 0.329 e. The Morgan fingerprint density at radius 2 is 2.04 bits per heavy atom. The van der Waals surface area contributed by atoms with Crippen LogP contribution in [0, 0.1) is 0 Å². The molecule has 9 nitrogen and oxygen atoms in total. The van der Waals surface area contributed by atoms with Crippen LogP contribution in [0.25, 0.3) is 6.08 Å². The molecule has 2 aliphatic rings. The Labute approximate surface area is 131 Å². The van der Waals surface area contributed by atoms with Gasteiger partial charge >= 0.3 is 12.0 Å². The van der Waals surface area contributed by atoms with Crippen LogP contribution < -0.4 is 10.2 Å². The molecule has 23 heavy (non-hydrogen) atoms. The summed E-state index contributed by atoms with van der Waals surface area (Å²) < 4.78 is 10.9. The molecule has 3 rings (SSSR count). The molecule has 2 fully saturated rings. The number of anilines is 1. The number of urea groups is 1. The van der Waals surface area contributed by atoms with E-state index in [-0.39, 0.29) is 5.70 Å². The van der Waals surface area contributed by atoms with Gasteiger partial charge in [-0.25, -0.2) is 9.69 Å². The molecule has 2 N–H and O–H groups in total. The molecule has 3 amide bonds. The van der Waals surface area contributed by atoms with Crippen molar-refractivity contribution in [1.29, 1.82) is 0 Å². The highest BCUT2D eigenvalue weighted by Gasteiger charge is 2.35. The number of hydrogen-bond donors (Lipinski definition) is 2. The van der Waals surface area contributed by atoms with E-state index in [0.29, 0.717) is 42.8 Å². The summed E-state index contributed by atoms with van der Waals surface area (Å²) in [6, 6.07) is 2.69. The lowest BCUT2D eigenvalue weighted by atomic mass is 10.3. The fraction of sp³-hybridized carbons (Fsp3) is 0.357. The second-order valence-electron chi connectivity index (χ2n) is 5.05. The Kier molecular flexibility index (Phi) is 4.02. The molecule has 0 bridgehead atoms. The summed E-state index contributed by atoms with van der Waals surface area (Å²) in [6.07, 6.45) is 1.38. The normalized spacial score (nSPS) is 20.3. The van der Waals surface area contributed by atoms with E-state index < -0.39 is 24.5 Å². The van der Waals surface area contributed by atoms with E-state index in [1.807, 2.05) is 4.90 Å². The zero-order valence-corrected chi connectivity index (χ0v) is 12.2. The van der Waals surface area contributed by atoms with Crippen molar-refractivity contribution in [2.45, 2.75) is 0 Å². The summed E-state index contributed by atoms with van der Waals surface area (Å²) in [7, 11) is 0. The number of carboxylic acids is 1. The predicted octanol–water partition coefficient (Wildman–Crippen LogP) is 0.0935. The highest BCUT2D eigenvalue weighted by Crippen LogP contribution is 2.22. The van der Waals surface area contributed by atoms with Crippen molar-refractivity contribution in [3.8, 4) is 0 Å². The second-order valence-corrected chi connectivity index (χ2v) is 5.05. The summed E-state index contributed by atoms with van der Waals surface area (Å²) >= 11 is 0. The van der Waals surface area contributed by atoms with Gasteiger partial charge in [0.05, 0.1) is 13.2 Å². The largest absolute Gasteiger partial charge is 0.480 e. The number of aliphatic carboxylic acids is 1. The van der Waals surface area contributed by atoms with Crippen LogP contribution >= 0.6 is 0 Å². The van der Waals surface area contributed by atoms with Gasteiger partial charge in [-0.05, 0) is 6.07 Å². The van der Waals surface area contributed by atoms with Gasteiger partial charge in [0.25, 0.3) is 5.91 Å². The first-order chi connectivity index (χ1) is 11.0. The quantitative estimate of drug-likeness (QED) is 0.597. The van der Waals surface area contributed by atoms with Crippen molar-refractivity contribution in [1.82, 2.24) is 10.2 Å². The third-order valence-corrected chi connectivity index (χ3v) is 3.48.